The van der Waals surface area contributed by atoms with Gasteiger partial charge in [-0.05, 0) is 48.9 Å². The number of pyridine rings is 1. The molecule has 0 aliphatic rings. The van der Waals surface area contributed by atoms with Crippen LogP contribution in [0.15, 0.2) is 71.9 Å². The monoisotopic (exact) mass is 548 g/mol. The molecule has 0 unspecified atom stereocenters. The standard InChI is InChI=1S/C24H28N4O3.HI/c1-4-25-24(28-19-11-12-22(29-2)23(15-19)30-3)27-16-18-8-7-10-21(14-18)31-17-20-9-5-6-13-26-20;/h5-15H,4,16-17H2,1-3H3,(H2,25,27,28);1H. The Morgan fingerprint density at radius 3 is 2.53 bits per heavy atom. The average molecular weight is 548 g/mol. The molecule has 0 amide bonds. The van der Waals surface area contributed by atoms with E-state index in [0.29, 0.717) is 30.6 Å². The van der Waals surface area contributed by atoms with E-state index in [1.54, 1.807) is 20.4 Å². The summed E-state index contributed by atoms with van der Waals surface area (Å²) in [5, 5.41) is 6.56. The SMILES string of the molecule is CCNC(=NCc1cccc(OCc2ccccn2)c1)Nc1ccc(OC)c(OC)c1.I. The molecule has 32 heavy (non-hydrogen) atoms. The molecule has 8 heteroatoms. The Labute approximate surface area is 206 Å². The second-order valence-corrected chi connectivity index (χ2v) is 6.65. The Bertz CT molecular complexity index is 1000. The number of benzene rings is 2. The van der Waals surface area contributed by atoms with Crippen molar-refractivity contribution in [1.82, 2.24) is 10.3 Å². The summed E-state index contributed by atoms with van der Waals surface area (Å²) in [6.45, 7) is 3.70. The van der Waals surface area contributed by atoms with Crippen LogP contribution in [0.3, 0.4) is 0 Å². The molecule has 7 nitrogen and oxygen atoms in total. The number of hydrogen-bond acceptors (Lipinski definition) is 5. The molecule has 0 fully saturated rings. The minimum atomic E-state index is 0. The van der Waals surface area contributed by atoms with Crippen molar-refractivity contribution in [3.8, 4) is 17.2 Å². The molecule has 0 saturated carbocycles. The zero-order valence-electron chi connectivity index (χ0n) is 18.5. The van der Waals surface area contributed by atoms with Crippen LogP contribution in [0.25, 0.3) is 0 Å². The van der Waals surface area contributed by atoms with Gasteiger partial charge in [0.2, 0.25) is 0 Å². The van der Waals surface area contributed by atoms with Gasteiger partial charge in [0.25, 0.3) is 0 Å². The number of rotatable bonds is 9. The van der Waals surface area contributed by atoms with Gasteiger partial charge in [-0.1, -0.05) is 18.2 Å². The van der Waals surface area contributed by atoms with Crippen LogP contribution in [0.1, 0.15) is 18.2 Å². The maximum Gasteiger partial charge on any atom is 0.196 e. The van der Waals surface area contributed by atoms with Gasteiger partial charge in [-0.25, -0.2) is 4.99 Å². The molecular formula is C24H29IN4O3. The third kappa shape index (κ3) is 7.60. The van der Waals surface area contributed by atoms with Gasteiger partial charge < -0.3 is 24.8 Å². The first-order chi connectivity index (χ1) is 15.2. The van der Waals surface area contributed by atoms with Crippen LogP contribution in [-0.4, -0.2) is 31.7 Å². The molecule has 0 bridgehead atoms. The van der Waals surface area contributed by atoms with Crippen molar-refractivity contribution in [2.45, 2.75) is 20.1 Å². The average Bonchev–Trinajstić information content (AvgIpc) is 2.82. The van der Waals surface area contributed by atoms with E-state index in [4.69, 9.17) is 19.2 Å². The summed E-state index contributed by atoms with van der Waals surface area (Å²) in [4.78, 5) is 8.97. The first kappa shape index (κ1) is 25.3. The number of methoxy groups -OCH3 is 2. The Kier molecular flexibility index (Phi) is 10.6. The van der Waals surface area contributed by atoms with E-state index >= 15 is 0 Å². The molecule has 0 aliphatic carbocycles. The molecule has 0 saturated heterocycles. The van der Waals surface area contributed by atoms with Crippen LogP contribution < -0.4 is 24.8 Å². The number of ether oxygens (including phenoxy) is 3. The predicted octanol–water partition coefficient (Wildman–Crippen LogP) is 4.87. The van der Waals surface area contributed by atoms with Crippen molar-refractivity contribution in [3.05, 3.63) is 78.1 Å². The zero-order chi connectivity index (χ0) is 21.9. The van der Waals surface area contributed by atoms with E-state index in [2.05, 4.69) is 15.6 Å². The zero-order valence-corrected chi connectivity index (χ0v) is 20.8. The van der Waals surface area contributed by atoms with Crippen LogP contribution in [0.5, 0.6) is 17.2 Å². The first-order valence-electron chi connectivity index (χ1n) is 10.1. The maximum atomic E-state index is 5.86. The van der Waals surface area contributed by atoms with E-state index in [9.17, 15) is 0 Å². The third-order valence-electron chi connectivity index (χ3n) is 4.42. The quantitative estimate of drug-likeness (QED) is 0.226. The van der Waals surface area contributed by atoms with Gasteiger partial charge in [0.15, 0.2) is 17.5 Å². The lowest BCUT2D eigenvalue weighted by atomic mass is 10.2. The summed E-state index contributed by atoms with van der Waals surface area (Å²) in [5.41, 5.74) is 2.78. The number of guanidine groups is 1. The second-order valence-electron chi connectivity index (χ2n) is 6.65. The predicted molar refractivity (Wildman–Crippen MR) is 138 cm³/mol. The summed E-state index contributed by atoms with van der Waals surface area (Å²) in [6.07, 6.45) is 1.76. The summed E-state index contributed by atoms with van der Waals surface area (Å²) < 4.78 is 16.5. The molecule has 2 aromatic carbocycles. The normalized spacial score (nSPS) is 10.7. The molecule has 0 atom stereocenters. The van der Waals surface area contributed by atoms with Crippen LogP contribution >= 0.6 is 24.0 Å². The van der Waals surface area contributed by atoms with Crippen molar-refractivity contribution < 1.29 is 14.2 Å². The highest BCUT2D eigenvalue weighted by atomic mass is 127. The molecule has 3 rings (SSSR count). The highest BCUT2D eigenvalue weighted by molar-refractivity contribution is 14.0. The highest BCUT2D eigenvalue weighted by Crippen LogP contribution is 2.29. The van der Waals surface area contributed by atoms with Gasteiger partial charge in [-0.15, -0.1) is 24.0 Å². The minimum absolute atomic E-state index is 0. The Hall–Kier alpha value is -3.01. The number of nitrogens with zero attached hydrogens (tertiary/aromatic N) is 2. The maximum absolute atomic E-state index is 5.86. The number of anilines is 1. The fraction of sp³-hybridized carbons (Fsp3) is 0.250. The van der Waals surface area contributed by atoms with Crippen LogP contribution in [-0.2, 0) is 13.2 Å². The lowest BCUT2D eigenvalue weighted by Crippen LogP contribution is -2.30. The van der Waals surface area contributed by atoms with Gasteiger partial charge >= 0.3 is 0 Å². The van der Waals surface area contributed by atoms with Crippen molar-refractivity contribution >= 4 is 35.6 Å². The van der Waals surface area contributed by atoms with Crippen molar-refractivity contribution in [2.24, 2.45) is 4.99 Å². The highest BCUT2D eigenvalue weighted by Gasteiger charge is 2.06. The molecule has 2 N–H and O–H groups in total. The molecular weight excluding hydrogens is 519 g/mol. The number of hydrogen-bond donors (Lipinski definition) is 2. The smallest absolute Gasteiger partial charge is 0.196 e. The van der Waals surface area contributed by atoms with Crippen molar-refractivity contribution in [1.29, 1.82) is 0 Å². The molecule has 1 aromatic heterocycles. The molecule has 170 valence electrons. The van der Waals surface area contributed by atoms with Crippen molar-refractivity contribution in [3.63, 3.8) is 0 Å². The fourth-order valence-corrected chi connectivity index (χ4v) is 2.90. The van der Waals surface area contributed by atoms with Crippen LogP contribution in [0.4, 0.5) is 5.69 Å². The number of aliphatic imine (C=N–C) groups is 1. The summed E-state index contributed by atoms with van der Waals surface area (Å²) in [7, 11) is 3.23. The first-order valence-corrected chi connectivity index (χ1v) is 10.1. The lowest BCUT2D eigenvalue weighted by Gasteiger charge is -2.14. The summed E-state index contributed by atoms with van der Waals surface area (Å²) in [6, 6.07) is 19.3. The van der Waals surface area contributed by atoms with Gasteiger partial charge in [-0.2, -0.15) is 0 Å². The largest absolute Gasteiger partial charge is 0.493 e. The molecule has 0 radical (unpaired) electrons. The van der Waals surface area contributed by atoms with E-state index in [0.717, 1.165) is 29.2 Å². The Morgan fingerprint density at radius 1 is 0.969 bits per heavy atom. The molecule has 0 spiro atoms. The lowest BCUT2D eigenvalue weighted by molar-refractivity contribution is 0.301. The van der Waals surface area contributed by atoms with E-state index in [-0.39, 0.29) is 24.0 Å². The van der Waals surface area contributed by atoms with E-state index in [1.807, 2.05) is 67.6 Å². The third-order valence-corrected chi connectivity index (χ3v) is 4.42. The summed E-state index contributed by atoms with van der Waals surface area (Å²) in [5.74, 6) is 2.80. The minimum Gasteiger partial charge on any atom is -0.493 e. The van der Waals surface area contributed by atoms with Gasteiger partial charge in [0.1, 0.15) is 12.4 Å². The fourth-order valence-electron chi connectivity index (χ4n) is 2.90. The van der Waals surface area contributed by atoms with E-state index < -0.39 is 0 Å². The number of nitrogens with one attached hydrogen (secondary N) is 2. The number of halogens is 1. The topological polar surface area (TPSA) is 77.0 Å². The van der Waals surface area contributed by atoms with Crippen LogP contribution in [0.2, 0.25) is 0 Å². The van der Waals surface area contributed by atoms with E-state index in [1.165, 1.54) is 0 Å². The molecule has 3 aromatic rings. The van der Waals surface area contributed by atoms with Crippen molar-refractivity contribution in [2.75, 3.05) is 26.1 Å². The van der Waals surface area contributed by atoms with Crippen LogP contribution in [0, 0.1) is 0 Å². The van der Waals surface area contributed by atoms with Gasteiger partial charge in [-0.3, -0.25) is 4.98 Å². The molecule has 1 heterocycles. The Morgan fingerprint density at radius 2 is 1.81 bits per heavy atom. The molecule has 0 aliphatic heterocycles. The Balaban J connectivity index is 0.00000363. The number of aromatic nitrogens is 1. The second kappa shape index (κ2) is 13.4. The van der Waals surface area contributed by atoms with Gasteiger partial charge in [0.05, 0.1) is 26.5 Å². The van der Waals surface area contributed by atoms with Gasteiger partial charge in [0, 0.05) is 24.5 Å². The summed E-state index contributed by atoms with van der Waals surface area (Å²) >= 11 is 0.